The molecule has 0 spiro atoms. The molecule has 0 aromatic rings. The van der Waals surface area contributed by atoms with Gasteiger partial charge in [-0.2, -0.15) is 0 Å². The summed E-state index contributed by atoms with van der Waals surface area (Å²) >= 11 is 0. The number of nitrogens with zero attached hydrogens (tertiary/aromatic N) is 1. The lowest BCUT2D eigenvalue weighted by molar-refractivity contribution is -0.151. The molecule has 5 nitrogen and oxygen atoms in total. The van der Waals surface area contributed by atoms with Crippen molar-refractivity contribution < 1.29 is 19.1 Å². The molecule has 0 aromatic heterocycles. The van der Waals surface area contributed by atoms with E-state index in [1.165, 1.54) is 0 Å². The van der Waals surface area contributed by atoms with Crippen LogP contribution in [0.25, 0.3) is 0 Å². The molecule has 1 aliphatic heterocycles. The highest BCUT2D eigenvalue weighted by Crippen LogP contribution is 2.67. The van der Waals surface area contributed by atoms with Crippen molar-refractivity contribution in [2.75, 3.05) is 6.61 Å². The number of carbonyl (C=O) groups excluding carboxylic acids is 2. The summed E-state index contributed by atoms with van der Waals surface area (Å²) in [6.45, 7) is 9.91. The largest absolute Gasteiger partial charge is 0.464 e. The zero-order valence-electron chi connectivity index (χ0n) is 13.5. The molecule has 3 aliphatic rings. The van der Waals surface area contributed by atoms with Gasteiger partial charge in [0.25, 0.3) is 0 Å². The van der Waals surface area contributed by atoms with Gasteiger partial charge in [0.1, 0.15) is 11.6 Å². The minimum atomic E-state index is -0.549. The van der Waals surface area contributed by atoms with Crippen LogP contribution in [0.1, 0.15) is 41.0 Å². The lowest BCUT2D eigenvalue weighted by atomic mass is 9.95. The van der Waals surface area contributed by atoms with Crippen LogP contribution in [0.3, 0.4) is 0 Å². The number of rotatable bonds is 2. The average molecular weight is 295 g/mol. The Balaban J connectivity index is 1.82. The molecule has 0 radical (unpaired) electrons. The third kappa shape index (κ3) is 2.21. The molecule has 2 saturated carbocycles. The van der Waals surface area contributed by atoms with E-state index < -0.39 is 11.6 Å². The summed E-state index contributed by atoms with van der Waals surface area (Å²) in [5.41, 5.74) is -0.549. The quantitative estimate of drug-likeness (QED) is 0.734. The van der Waals surface area contributed by atoms with Crippen LogP contribution in [0.2, 0.25) is 0 Å². The molecule has 0 aromatic carbocycles. The molecule has 1 amide bonds. The van der Waals surface area contributed by atoms with Crippen molar-refractivity contribution in [2.24, 2.45) is 23.7 Å². The SMILES string of the molecule is CCOC(=O)[C@@H]1[C@@H]2C[C@@H]([C@@H]3C2[C@@H]3C)N1C(=O)OC(C)(C)C. The summed E-state index contributed by atoms with van der Waals surface area (Å²) in [7, 11) is 0. The van der Waals surface area contributed by atoms with E-state index in [1.807, 2.05) is 20.8 Å². The second kappa shape index (κ2) is 4.62. The minimum Gasteiger partial charge on any atom is -0.464 e. The van der Waals surface area contributed by atoms with Gasteiger partial charge in [-0.05, 0) is 57.8 Å². The van der Waals surface area contributed by atoms with Gasteiger partial charge in [-0.15, -0.1) is 0 Å². The van der Waals surface area contributed by atoms with Gasteiger partial charge in [0.15, 0.2) is 0 Å². The predicted octanol–water partition coefficient (Wildman–Crippen LogP) is 2.44. The first-order valence-electron chi connectivity index (χ1n) is 7.94. The molecular weight excluding hydrogens is 270 g/mol. The molecule has 118 valence electrons. The third-order valence-corrected chi connectivity index (χ3v) is 5.17. The number of piperidine rings is 1. The lowest BCUT2D eigenvalue weighted by Gasteiger charge is -2.34. The van der Waals surface area contributed by atoms with E-state index in [-0.39, 0.29) is 24.0 Å². The van der Waals surface area contributed by atoms with Gasteiger partial charge in [0.2, 0.25) is 0 Å². The van der Waals surface area contributed by atoms with Gasteiger partial charge in [0.05, 0.1) is 6.61 Å². The van der Waals surface area contributed by atoms with Gasteiger partial charge >= 0.3 is 12.1 Å². The average Bonchev–Trinajstić information content (AvgIpc) is 2.76. The topological polar surface area (TPSA) is 55.8 Å². The van der Waals surface area contributed by atoms with E-state index in [9.17, 15) is 9.59 Å². The number of hydrogen-bond acceptors (Lipinski definition) is 4. The molecule has 1 heterocycles. The highest BCUT2D eigenvalue weighted by atomic mass is 16.6. The van der Waals surface area contributed by atoms with E-state index in [4.69, 9.17) is 9.47 Å². The van der Waals surface area contributed by atoms with Crippen molar-refractivity contribution in [3.63, 3.8) is 0 Å². The smallest absolute Gasteiger partial charge is 0.411 e. The molecule has 2 aliphatic carbocycles. The van der Waals surface area contributed by atoms with Crippen molar-refractivity contribution >= 4 is 12.1 Å². The minimum absolute atomic E-state index is 0.152. The first-order chi connectivity index (χ1) is 9.76. The van der Waals surface area contributed by atoms with Crippen LogP contribution in [0.5, 0.6) is 0 Å². The normalized spacial score (nSPS) is 40.0. The van der Waals surface area contributed by atoms with Gasteiger partial charge in [0, 0.05) is 6.04 Å². The van der Waals surface area contributed by atoms with E-state index in [2.05, 4.69) is 6.92 Å². The highest BCUT2D eigenvalue weighted by molar-refractivity contribution is 5.84. The van der Waals surface area contributed by atoms with Crippen LogP contribution in [0.4, 0.5) is 4.79 Å². The molecule has 6 atom stereocenters. The maximum Gasteiger partial charge on any atom is 0.411 e. The van der Waals surface area contributed by atoms with Crippen molar-refractivity contribution in [3.05, 3.63) is 0 Å². The first kappa shape index (κ1) is 14.7. The Hall–Kier alpha value is -1.26. The lowest BCUT2D eigenvalue weighted by Crippen LogP contribution is -2.52. The first-order valence-corrected chi connectivity index (χ1v) is 7.94. The number of carbonyl (C=O) groups is 2. The van der Waals surface area contributed by atoms with E-state index in [0.29, 0.717) is 24.4 Å². The van der Waals surface area contributed by atoms with E-state index >= 15 is 0 Å². The van der Waals surface area contributed by atoms with Crippen molar-refractivity contribution in [1.82, 2.24) is 4.90 Å². The zero-order valence-corrected chi connectivity index (χ0v) is 13.5. The number of amides is 1. The van der Waals surface area contributed by atoms with Crippen LogP contribution >= 0.6 is 0 Å². The van der Waals surface area contributed by atoms with Crippen LogP contribution in [-0.4, -0.2) is 41.3 Å². The molecule has 1 unspecified atom stereocenters. The van der Waals surface area contributed by atoms with Gasteiger partial charge in [-0.1, -0.05) is 6.92 Å². The maximum atomic E-state index is 12.5. The summed E-state index contributed by atoms with van der Waals surface area (Å²) in [6.07, 6.45) is 0.549. The Morgan fingerprint density at radius 2 is 1.90 bits per heavy atom. The van der Waals surface area contributed by atoms with Crippen LogP contribution in [-0.2, 0) is 14.3 Å². The molecular formula is C16H25NO4. The second-order valence-corrected chi connectivity index (χ2v) is 7.57. The number of fused-ring (bicyclic) bond motifs is 5. The fraction of sp³-hybridized carbons (Fsp3) is 0.875. The molecule has 3 rings (SSSR count). The fourth-order valence-electron chi connectivity index (χ4n) is 4.53. The van der Waals surface area contributed by atoms with Gasteiger partial charge < -0.3 is 9.47 Å². The molecule has 2 bridgehead atoms. The van der Waals surface area contributed by atoms with E-state index in [0.717, 1.165) is 6.42 Å². The molecule has 0 N–H and O–H groups in total. The molecule has 21 heavy (non-hydrogen) atoms. The molecule has 5 heteroatoms. The summed E-state index contributed by atoms with van der Waals surface area (Å²) < 4.78 is 10.7. The zero-order chi connectivity index (χ0) is 15.5. The van der Waals surface area contributed by atoms with Gasteiger partial charge in [-0.3, -0.25) is 4.90 Å². The number of esters is 1. The second-order valence-electron chi connectivity index (χ2n) is 7.57. The van der Waals surface area contributed by atoms with Gasteiger partial charge in [-0.25, -0.2) is 9.59 Å². The Bertz CT molecular complexity index is 469. The number of ether oxygens (including phenoxy) is 2. The summed E-state index contributed by atoms with van der Waals surface area (Å²) in [6, 6.07) is -0.296. The summed E-state index contributed by atoms with van der Waals surface area (Å²) in [4.78, 5) is 26.5. The summed E-state index contributed by atoms with van der Waals surface area (Å²) in [5, 5.41) is 0. The number of hydrogen-bond donors (Lipinski definition) is 0. The third-order valence-electron chi connectivity index (χ3n) is 5.17. The Kier molecular flexibility index (Phi) is 3.22. The monoisotopic (exact) mass is 295 g/mol. The number of likely N-dealkylation sites (tertiary alicyclic amines) is 1. The molecule has 3 fully saturated rings. The highest BCUT2D eigenvalue weighted by Gasteiger charge is 2.71. The van der Waals surface area contributed by atoms with E-state index in [1.54, 1.807) is 11.8 Å². The predicted molar refractivity (Wildman–Crippen MR) is 76.5 cm³/mol. The standard InChI is InChI=1S/C16H25NO4/c1-6-20-14(18)13-9-7-10(12-8(2)11(9)12)17(13)15(19)21-16(3,4)5/h8-13H,6-7H2,1-5H3/t8-,9+,10-,11?,12+,13-/m0/s1. The maximum absolute atomic E-state index is 12.5. The van der Waals surface area contributed by atoms with Crippen molar-refractivity contribution in [2.45, 2.75) is 58.7 Å². The van der Waals surface area contributed by atoms with Crippen LogP contribution < -0.4 is 0 Å². The molecule has 1 saturated heterocycles. The van der Waals surface area contributed by atoms with Crippen molar-refractivity contribution in [3.8, 4) is 0 Å². The summed E-state index contributed by atoms with van der Waals surface area (Å²) in [5.74, 6) is 1.73. The van der Waals surface area contributed by atoms with Crippen LogP contribution in [0.15, 0.2) is 0 Å². The Morgan fingerprint density at radius 1 is 1.24 bits per heavy atom. The Morgan fingerprint density at radius 3 is 2.48 bits per heavy atom. The Labute approximate surface area is 126 Å². The van der Waals surface area contributed by atoms with Crippen LogP contribution in [0, 0.1) is 23.7 Å². The van der Waals surface area contributed by atoms with Crippen molar-refractivity contribution in [1.29, 1.82) is 0 Å². The fourth-order valence-corrected chi connectivity index (χ4v) is 4.53.